The molecule has 0 fully saturated rings. The number of ketones is 1. The van der Waals surface area contributed by atoms with Gasteiger partial charge < -0.3 is 0 Å². The van der Waals surface area contributed by atoms with E-state index in [9.17, 15) is 13.6 Å². The number of benzene rings is 2. The second-order valence-corrected chi connectivity index (χ2v) is 6.16. The van der Waals surface area contributed by atoms with Crippen molar-refractivity contribution < 1.29 is 13.6 Å². The third kappa shape index (κ3) is 3.01. The summed E-state index contributed by atoms with van der Waals surface area (Å²) in [6.07, 6.45) is 0. The standard InChI is InChI=1S/C17H14Br2F2O/c1-9-3-5-11(15(20)13(9)7-18)17(22)12-6-4-10(2)14(8-19)16(12)21/h3-6H,7-8H2,1-2H3. The van der Waals surface area contributed by atoms with Crippen LogP contribution >= 0.6 is 31.9 Å². The Morgan fingerprint density at radius 1 is 0.864 bits per heavy atom. The molecule has 2 aromatic rings. The van der Waals surface area contributed by atoms with Crippen molar-refractivity contribution in [1.29, 1.82) is 0 Å². The van der Waals surface area contributed by atoms with Crippen LogP contribution in [-0.2, 0) is 10.7 Å². The molecule has 116 valence electrons. The van der Waals surface area contributed by atoms with Crippen LogP contribution in [-0.4, -0.2) is 5.78 Å². The number of hydrogen-bond acceptors (Lipinski definition) is 1. The highest BCUT2D eigenvalue weighted by Gasteiger charge is 2.22. The summed E-state index contributed by atoms with van der Waals surface area (Å²) in [5, 5.41) is 0.601. The monoisotopic (exact) mass is 430 g/mol. The molecule has 0 amide bonds. The van der Waals surface area contributed by atoms with Crippen molar-refractivity contribution >= 4 is 37.6 Å². The van der Waals surface area contributed by atoms with Crippen molar-refractivity contribution in [1.82, 2.24) is 0 Å². The van der Waals surface area contributed by atoms with Crippen LogP contribution in [0.1, 0.15) is 38.2 Å². The van der Waals surface area contributed by atoms with Crippen molar-refractivity contribution in [2.75, 3.05) is 0 Å². The van der Waals surface area contributed by atoms with Crippen LogP contribution in [0.15, 0.2) is 24.3 Å². The van der Waals surface area contributed by atoms with Gasteiger partial charge in [-0.3, -0.25) is 4.79 Å². The average Bonchev–Trinajstić information content (AvgIpc) is 2.48. The van der Waals surface area contributed by atoms with E-state index in [1.54, 1.807) is 26.0 Å². The van der Waals surface area contributed by atoms with Gasteiger partial charge in [0.05, 0.1) is 11.1 Å². The molecule has 0 spiro atoms. The number of halogens is 4. The minimum Gasteiger partial charge on any atom is -0.288 e. The fourth-order valence-electron chi connectivity index (χ4n) is 2.26. The Kier molecular flexibility index (Phi) is 5.50. The SMILES string of the molecule is Cc1ccc(C(=O)c2ccc(C)c(CBr)c2F)c(F)c1CBr. The fourth-order valence-corrected chi connectivity index (χ4v) is 3.64. The Balaban J connectivity index is 2.59. The van der Waals surface area contributed by atoms with Gasteiger partial charge in [-0.1, -0.05) is 44.0 Å². The Morgan fingerprint density at radius 3 is 1.55 bits per heavy atom. The summed E-state index contributed by atoms with van der Waals surface area (Å²) in [6, 6.07) is 6.16. The zero-order chi connectivity index (χ0) is 16.4. The first-order valence-corrected chi connectivity index (χ1v) is 8.89. The van der Waals surface area contributed by atoms with Gasteiger partial charge in [0, 0.05) is 21.8 Å². The summed E-state index contributed by atoms with van der Waals surface area (Å²) in [6.45, 7) is 3.53. The minimum absolute atomic E-state index is 0.108. The van der Waals surface area contributed by atoms with Gasteiger partial charge in [0.2, 0.25) is 0 Å². The smallest absolute Gasteiger partial charge is 0.198 e. The van der Waals surface area contributed by atoms with Crippen LogP contribution in [0.3, 0.4) is 0 Å². The van der Waals surface area contributed by atoms with E-state index in [-0.39, 0.29) is 11.1 Å². The van der Waals surface area contributed by atoms with Gasteiger partial charge >= 0.3 is 0 Å². The highest BCUT2D eigenvalue weighted by molar-refractivity contribution is 9.08. The molecule has 0 atom stereocenters. The zero-order valence-corrected chi connectivity index (χ0v) is 15.3. The van der Waals surface area contributed by atoms with E-state index in [4.69, 9.17) is 0 Å². The molecule has 2 rings (SSSR count). The van der Waals surface area contributed by atoms with Crippen molar-refractivity contribution in [3.8, 4) is 0 Å². The predicted octanol–water partition coefficient (Wildman–Crippen LogP) is 5.60. The van der Waals surface area contributed by atoms with Crippen molar-refractivity contribution in [2.45, 2.75) is 24.5 Å². The van der Waals surface area contributed by atoms with Crippen LogP contribution in [0.25, 0.3) is 0 Å². The topological polar surface area (TPSA) is 17.1 Å². The lowest BCUT2D eigenvalue weighted by Crippen LogP contribution is -2.11. The molecule has 0 N–H and O–H groups in total. The lowest BCUT2D eigenvalue weighted by molar-refractivity contribution is 0.103. The molecule has 0 aliphatic carbocycles. The molecule has 5 heteroatoms. The number of alkyl halides is 2. The van der Waals surface area contributed by atoms with Crippen LogP contribution in [0.2, 0.25) is 0 Å². The Hall–Kier alpha value is -1.07. The van der Waals surface area contributed by atoms with Gasteiger partial charge in [-0.2, -0.15) is 0 Å². The second-order valence-electron chi connectivity index (χ2n) is 5.04. The summed E-state index contributed by atoms with van der Waals surface area (Å²) in [7, 11) is 0. The minimum atomic E-state index is -0.639. The number of rotatable bonds is 4. The van der Waals surface area contributed by atoms with Gasteiger partial charge in [-0.05, 0) is 37.1 Å². The van der Waals surface area contributed by atoms with Crippen molar-refractivity contribution in [2.24, 2.45) is 0 Å². The number of carbonyl (C=O) groups excluding carboxylic acids is 1. The Labute approximate surface area is 145 Å². The number of carbonyl (C=O) groups is 1. The summed E-state index contributed by atoms with van der Waals surface area (Å²) < 4.78 is 29.0. The van der Waals surface area contributed by atoms with Crippen molar-refractivity contribution in [3.63, 3.8) is 0 Å². The summed E-state index contributed by atoms with van der Waals surface area (Å²) >= 11 is 6.43. The van der Waals surface area contributed by atoms with E-state index < -0.39 is 17.4 Å². The molecule has 0 aliphatic rings. The first-order chi connectivity index (χ1) is 10.4. The van der Waals surface area contributed by atoms with Gasteiger partial charge in [0.25, 0.3) is 0 Å². The molecule has 0 aliphatic heterocycles. The molecular formula is C17H14Br2F2O. The third-order valence-corrected chi connectivity index (χ3v) is 4.83. The molecule has 0 saturated carbocycles. The first kappa shape index (κ1) is 17.3. The van der Waals surface area contributed by atoms with Gasteiger partial charge in [-0.25, -0.2) is 8.78 Å². The van der Waals surface area contributed by atoms with E-state index in [1.165, 1.54) is 12.1 Å². The number of hydrogen-bond donors (Lipinski definition) is 0. The van der Waals surface area contributed by atoms with Gasteiger partial charge in [0.1, 0.15) is 11.6 Å². The lowest BCUT2D eigenvalue weighted by Gasteiger charge is -2.12. The predicted molar refractivity (Wildman–Crippen MR) is 91.0 cm³/mol. The normalized spacial score (nSPS) is 10.8. The molecule has 22 heavy (non-hydrogen) atoms. The molecule has 1 nitrogen and oxygen atoms in total. The van der Waals surface area contributed by atoms with E-state index in [1.807, 2.05) is 0 Å². The van der Waals surface area contributed by atoms with Crippen molar-refractivity contribution in [3.05, 3.63) is 69.3 Å². The van der Waals surface area contributed by atoms with E-state index in [0.29, 0.717) is 21.8 Å². The lowest BCUT2D eigenvalue weighted by atomic mass is 9.95. The zero-order valence-electron chi connectivity index (χ0n) is 12.1. The molecular weight excluding hydrogens is 418 g/mol. The molecule has 0 heterocycles. The maximum Gasteiger partial charge on any atom is 0.198 e. The average molecular weight is 432 g/mol. The van der Waals surface area contributed by atoms with Gasteiger partial charge in [-0.15, -0.1) is 0 Å². The van der Waals surface area contributed by atoms with E-state index in [2.05, 4.69) is 31.9 Å². The second kappa shape index (κ2) is 7.01. The van der Waals surface area contributed by atoms with Gasteiger partial charge in [0.15, 0.2) is 5.78 Å². The molecule has 0 bridgehead atoms. The van der Waals surface area contributed by atoms with Crippen LogP contribution in [0.4, 0.5) is 8.78 Å². The maximum absolute atomic E-state index is 14.5. The van der Waals surface area contributed by atoms with E-state index in [0.717, 1.165) is 11.1 Å². The highest BCUT2D eigenvalue weighted by atomic mass is 79.9. The fraction of sp³-hybridized carbons (Fsp3) is 0.235. The molecule has 0 radical (unpaired) electrons. The Bertz CT molecular complexity index is 680. The quantitative estimate of drug-likeness (QED) is 0.454. The highest BCUT2D eigenvalue weighted by Crippen LogP contribution is 2.26. The first-order valence-electron chi connectivity index (χ1n) is 6.65. The number of aryl methyl sites for hydroxylation is 2. The third-order valence-electron chi connectivity index (χ3n) is 3.71. The van der Waals surface area contributed by atoms with Crippen LogP contribution in [0, 0.1) is 25.5 Å². The Morgan fingerprint density at radius 2 is 1.23 bits per heavy atom. The largest absolute Gasteiger partial charge is 0.288 e. The summed E-state index contributed by atoms with van der Waals surface area (Å²) in [4.78, 5) is 12.5. The molecule has 0 unspecified atom stereocenters. The molecule has 2 aromatic carbocycles. The summed E-state index contributed by atoms with van der Waals surface area (Å²) in [5.41, 5.74) is 2.11. The maximum atomic E-state index is 14.5. The summed E-state index contributed by atoms with van der Waals surface area (Å²) in [5.74, 6) is -1.83. The molecule has 0 aromatic heterocycles. The van der Waals surface area contributed by atoms with Crippen LogP contribution < -0.4 is 0 Å². The molecule has 0 saturated heterocycles. The van der Waals surface area contributed by atoms with Crippen LogP contribution in [0.5, 0.6) is 0 Å². The van der Waals surface area contributed by atoms with E-state index >= 15 is 0 Å².